The van der Waals surface area contributed by atoms with Crippen LogP contribution in [0.25, 0.3) is 0 Å². The summed E-state index contributed by atoms with van der Waals surface area (Å²) in [5, 5.41) is 13.7. The molecule has 1 aromatic carbocycles. The molecule has 1 amide bonds. The number of likely N-dealkylation sites (tertiary alicyclic amines) is 1. The Labute approximate surface area is 219 Å². The number of aliphatic hydroxyl groups excluding tert-OH is 1. The summed E-state index contributed by atoms with van der Waals surface area (Å²) in [7, 11) is 1.54. The summed E-state index contributed by atoms with van der Waals surface area (Å²) in [6, 6.07) is 5.02. The fraction of sp³-hybridized carbons (Fsp3) is 0.714. The van der Waals surface area contributed by atoms with Gasteiger partial charge in [-0.15, -0.1) is 0 Å². The van der Waals surface area contributed by atoms with E-state index in [4.69, 9.17) is 14.2 Å². The van der Waals surface area contributed by atoms with Crippen LogP contribution >= 0.6 is 0 Å². The predicted molar refractivity (Wildman–Crippen MR) is 137 cm³/mol. The molecule has 1 aromatic rings. The van der Waals surface area contributed by atoms with Crippen LogP contribution in [-0.4, -0.2) is 70.8 Å². The standard InChI is InChI=1S/C28H43FN2O6/c1-16(23(35-8)22-15-18-14-21(18)31(22)26(34)37-28(5,6)7)24(32)30-20(25(33)36-27(2,3)4)13-17-11-9-10-12-19(17)29/h9-12,16,18,20-23,26,34H,13-15H2,1-8H3,(H,30,32)/t16-,18+,20+,21+,22+,23-,26?/m1/s1. The lowest BCUT2D eigenvalue weighted by Gasteiger charge is -2.39. The fourth-order valence-corrected chi connectivity index (χ4v) is 5.13. The topological polar surface area (TPSA) is 97.3 Å². The number of fused-ring (bicyclic) bond motifs is 1. The van der Waals surface area contributed by atoms with Crippen molar-refractivity contribution in [2.24, 2.45) is 11.8 Å². The highest BCUT2D eigenvalue weighted by atomic mass is 19.1. The average Bonchev–Trinajstić information content (AvgIpc) is 3.42. The molecule has 0 bridgehead atoms. The highest BCUT2D eigenvalue weighted by Crippen LogP contribution is 2.50. The highest BCUT2D eigenvalue weighted by Gasteiger charge is 2.57. The van der Waals surface area contributed by atoms with Gasteiger partial charge in [0, 0.05) is 25.6 Å². The van der Waals surface area contributed by atoms with Gasteiger partial charge in [-0.05, 0) is 71.9 Å². The van der Waals surface area contributed by atoms with E-state index in [1.165, 1.54) is 13.2 Å². The molecular weight excluding hydrogens is 479 g/mol. The molecule has 208 valence electrons. The van der Waals surface area contributed by atoms with Gasteiger partial charge in [0.05, 0.1) is 17.6 Å². The number of carbonyl (C=O) groups is 2. The van der Waals surface area contributed by atoms with Gasteiger partial charge in [-0.2, -0.15) is 0 Å². The van der Waals surface area contributed by atoms with E-state index in [2.05, 4.69) is 5.32 Å². The van der Waals surface area contributed by atoms with Crippen LogP contribution in [0.2, 0.25) is 0 Å². The summed E-state index contributed by atoms with van der Waals surface area (Å²) in [6.45, 7) is 12.6. The Morgan fingerprint density at radius 3 is 2.35 bits per heavy atom. The minimum atomic E-state index is -1.12. The van der Waals surface area contributed by atoms with Gasteiger partial charge >= 0.3 is 5.97 Å². The number of methoxy groups -OCH3 is 1. The van der Waals surface area contributed by atoms with E-state index < -0.39 is 53.4 Å². The number of aliphatic hydroxyl groups is 1. The number of ether oxygens (including phenoxy) is 3. The number of benzene rings is 1. The zero-order valence-electron chi connectivity index (χ0n) is 23.3. The molecule has 7 atom stereocenters. The lowest BCUT2D eigenvalue weighted by atomic mass is 9.93. The number of hydrogen-bond acceptors (Lipinski definition) is 7. The maximum Gasteiger partial charge on any atom is 0.329 e. The van der Waals surface area contributed by atoms with Crippen LogP contribution in [0.1, 0.15) is 66.9 Å². The van der Waals surface area contributed by atoms with E-state index in [0.29, 0.717) is 11.5 Å². The number of rotatable bonds is 10. The molecule has 1 unspecified atom stereocenters. The van der Waals surface area contributed by atoms with Crippen LogP contribution in [-0.2, 0) is 30.2 Å². The third-order valence-corrected chi connectivity index (χ3v) is 6.86. The van der Waals surface area contributed by atoms with Crippen molar-refractivity contribution in [3.8, 4) is 0 Å². The number of halogens is 1. The Hall–Kier alpha value is -2.07. The smallest absolute Gasteiger partial charge is 0.329 e. The van der Waals surface area contributed by atoms with Crippen molar-refractivity contribution in [3.05, 3.63) is 35.6 Å². The molecule has 37 heavy (non-hydrogen) atoms. The van der Waals surface area contributed by atoms with Gasteiger partial charge in [0.1, 0.15) is 17.5 Å². The van der Waals surface area contributed by atoms with Crippen molar-refractivity contribution in [1.29, 1.82) is 0 Å². The van der Waals surface area contributed by atoms with Crippen molar-refractivity contribution in [3.63, 3.8) is 0 Å². The lowest BCUT2D eigenvalue weighted by molar-refractivity contribution is -0.255. The Balaban J connectivity index is 1.77. The molecule has 8 nitrogen and oxygen atoms in total. The normalized spacial score (nSPS) is 25.1. The third kappa shape index (κ3) is 7.72. The number of nitrogens with one attached hydrogen (secondary N) is 1. The minimum Gasteiger partial charge on any atom is -0.458 e. The SMILES string of the molecule is CO[C@H]([C@@H](C)C(=O)N[C@@H](Cc1ccccc1F)C(=O)OC(C)(C)C)[C@@H]1C[C@@H]2C[C@@H]2N1C(O)OC(C)(C)C. The second-order valence-corrected chi connectivity index (χ2v) is 12.2. The molecule has 1 aliphatic carbocycles. The van der Waals surface area contributed by atoms with Crippen molar-refractivity contribution in [2.45, 2.75) is 110 Å². The van der Waals surface area contributed by atoms with Crippen LogP contribution < -0.4 is 5.32 Å². The van der Waals surface area contributed by atoms with E-state index >= 15 is 0 Å². The quantitative estimate of drug-likeness (QED) is 0.359. The van der Waals surface area contributed by atoms with Crippen molar-refractivity contribution >= 4 is 11.9 Å². The first kappa shape index (κ1) is 29.5. The van der Waals surface area contributed by atoms with Gasteiger partial charge in [0.25, 0.3) is 0 Å². The molecule has 0 spiro atoms. The summed E-state index contributed by atoms with van der Waals surface area (Å²) in [5.74, 6) is -1.75. The molecule has 1 saturated heterocycles. The maximum atomic E-state index is 14.4. The summed E-state index contributed by atoms with van der Waals surface area (Å²) >= 11 is 0. The van der Waals surface area contributed by atoms with Crippen LogP contribution in [0.3, 0.4) is 0 Å². The van der Waals surface area contributed by atoms with Gasteiger partial charge in [0.2, 0.25) is 12.3 Å². The molecular formula is C28H43FN2O6. The second-order valence-electron chi connectivity index (χ2n) is 12.2. The van der Waals surface area contributed by atoms with E-state index in [9.17, 15) is 19.1 Å². The molecule has 2 N–H and O–H groups in total. The molecule has 1 aliphatic heterocycles. The van der Waals surface area contributed by atoms with Crippen molar-refractivity contribution in [2.75, 3.05) is 7.11 Å². The van der Waals surface area contributed by atoms with Crippen molar-refractivity contribution in [1.82, 2.24) is 10.2 Å². The number of carbonyl (C=O) groups excluding carboxylic acids is 2. The Morgan fingerprint density at radius 2 is 1.78 bits per heavy atom. The molecule has 1 heterocycles. The number of esters is 1. The Morgan fingerprint density at radius 1 is 1.14 bits per heavy atom. The molecule has 1 saturated carbocycles. The first-order chi connectivity index (χ1) is 17.1. The van der Waals surface area contributed by atoms with Crippen LogP contribution in [0, 0.1) is 17.7 Å². The zero-order valence-corrected chi connectivity index (χ0v) is 23.3. The number of piperidine rings is 1. The first-order valence-corrected chi connectivity index (χ1v) is 13.0. The maximum absolute atomic E-state index is 14.4. The third-order valence-electron chi connectivity index (χ3n) is 6.86. The summed E-state index contributed by atoms with van der Waals surface area (Å²) in [4.78, 5) is 28.4. The fourth-order valence-electron chi connectivity index (χ4n) is 5.13. The van der Waals surface area contributed by atoms with Gasteiger partial charge in [-0.3, -0.25) is 4.79 Å². The molecule has 9 heteroatoms. The van der Waals surface area contributed by atoms with E-state index in [1.54, 1.807) is 45.9 Å². The predicted octanol–water partition coefficient (Wildman–Crippen LogP) is 3.40. The van der Waals surface area contributed by atoms with Gasteiger partial charge in [-0.25, -0.2) is 14.1 Å². The number of amides is 1. The molecule has 0 radical (unpaired) electrons. The minimum absolute atomic E-state index is 0.0461. The summed E-state index contributed by atoms with van der Waals surface area (Å²) < 4.78 is 31.6. The lowest BCUT2D eigenvalue weighted by Crippen LogP contribution is -2.55. The van der Waals surface area contributed by atoms with Gasteiger partial charge < -0.3 is 24.6 Å². The molecule has 2 fully saturated rings. The molecule has 0 aromatic heterocycles. The van der Waals surface area contributed by atoms with Crippen molar-refractivity contribution < 1.29 is 33.3 Å². The molecule has 2 aliphatic rings. The summed E-state index contributed by atoms with van der Waals surface area (Å²) in [5.41, 5.74) is -1.01. The average molecular weight is 523 g/mol. The van der Waals surface area contributed by atoms with E-state index in [-0.39, 0.29) is 18.5 Å². The zero-order chi connectivity index (χ0) is 27.7. The number of nitrogens with zero attached hydrogens (tertiary/aromatic N) is 1. The van der Waals surface area contributed by atoms with Crippen LogP contribution in [0.5, 0.6) is 0 Å². The molecule has 3 rings (SSSR count). The first-order valence-electron chi connectivity index (χ1n) is 13.0. The van der Waals surface area contributed by atoms with E-state index in [0.717, 1.165) is 12.8 Å². The highest BCUT2D eigenvalue weighted by molar-refractivity contribution is 5.86. The van der Waals surface area contributed by atoms with Crippen LogP contribution in [0.15, 0.2) is 24.3 Å². The Kier molecular flexibility index (Phi) is 9.05. The summed E-state index contributed by atoms with van der Waals surface area (Å²) in [6.07, 6.45) is 0.0253. The Bertz CT molecular complexity index is 959. The van der Waals surface area contributed by atoms with Crippen LogP contribution in [0.4, 0.5) is 4.39 Å². The second kappa shape index (κ2) is 11.4. The number of hydrogen-bond donors (Lipinski definition) is 2. The monoisotopic (exact) mass is 522 g/mol. The largest absolute Gasteiger partial charge is 0.458 e. The van der Waals surface area contributed by atoms with E-state index in [1.807, 2.05) is 25.7 Å². The van der Waals surface area contributed by atoms with Gasteiger partial charge in [0.15, 0.2) is 0 Å². The van der Waals surface area contributed by atoms with Gasteiger partial charge in [-0.1, -0.05) is 25.1 Å².